The van der Waals surface area contributed by atoms with E-state index in [2.05, 4.69) is 5.92 Å². The van der Waals surface area contributed by atoms with Crippen LogP contribution in [0.3, 0.4) is 0 Å². The van der Waals surface area contributed by atoms with E-state index in [0.29, 0.717) is 11.1 Å². The Balaban J connectivity index is 1.79. The van der Waals surface area contributed by atoms with Crippen molar-refractivity contribution in [2.75, 3.05) is 0 Å². The zero-order valence-electron chi connectivity index (χ0n) is 17.8. The monoisotopic (exact) mass is 391 g/mol. The molecular weight excluding hydrogens is 365 g/mol. The molecule has 0 saturated carbocycles. The van der Waals surface area contributed by atoms with E-state index < -0.39 is 24.4 Å². The molecule has 2 amide bonds. The summed E-state index contributed by atoms with van der Waals surface area (Å²) in [7, 11) is -0.455. The summed E-state index contributed by atoms with van der Waals surface area (Å²) < 4.78 is 12.2. The van der Waals surface area contributed by atoms with E-state index in [4.69, 9.17) is 15.7 Å². The van der Waals surface area contributed by atoms with E-state index in [9.17, 15) is 9.59 Å². The molecule has 2 aliphatic heterocycles. The van der Waals surface area contributed by atoms with E-state index in [1.54, 1.807) is 6.92 Å². The molecule has 2 aliphatic rings. The summed E-state index contributed by atoms with van der Waals surface area (Å²) in [6.45, 7) is 11.5. The van der Waals surface area contributed by atoms with Crippen molar-refractivity contribution in [3.8, 4) is 12.3 Å². The largest absolute Gasteiger partial charge is 0.494 e. The zero-order chi connectivity index (χ0) is 21.6. The first-order valence-electron chi connectivity index (χ1n) is 9.67. The molecule has 1 aromatic carbocycles. The number of amides is 2. The molecule has 0 spiro atoms. The normalized spacial score (nSPS) is 22.0. The summed E-state index contributed by atoms with van der Waals surface area (Å²) >= 11 is 0. The van der Waals surface area contributed by atoms with Gasteiger partial charge in [0.2, 0.25) is 0 Å². The number of terminal acetylenes is 1. The number of imide groups is 1. The van der Waals surface area contributed by atoms with Crippen LogP contribution < -0.4 is 5.46 Å². The highest BCUT2D eigenvalue weighted by Crippen LogP contribution is 2.36. The van der Waals surface area contributed by atoms with Crippen molar-refractivity contribution in [2.45, 2.75) is 58.8 Å². The fourth-order valence-electron chi connectivity index (χ4n) is 3.42. The molecule has 150 valence electrons. The first-order chi connectivity index (χ1) is 13.5. The number of allylic oxidation sites excluding steroid dienone is 1. The Morgan fingerprint density at radius 3 is 2.14 bits per heavy atom. The van der Waals surface area contributed by atoms with Crippen LogP contribution >= 0.6 is 0 Å². The number of hydrogen-bond acceptors (Lipinski definition) is 4. The Bertz CT molecular complexity index is 934. The fraction of sp³-hybridized carbons (Fsp3) is 0.391. The lowest BCUT2D eigenvalue weighted by Gasteiger charge is -2.32. The van der Waals surface area contributed by atoms with Gasteiger partial charge < -0.3 is 9.31 Å². The summed E-state index contributed by atoms with van der Waals surface area (Å²) in [5.74, 6) is 1.72. The lowest BCUT2D eigenvalue weighted by atomic mass is 9.78. The maximum atomic E-state index is 12.8. The third-order valence-corrected chi connectivity index (χ3v) is 6.07. The zero-order valence-corrected chi connectivity index (χ0v) is 17.8. The van der Waals surface area contributed by atoms with E-state index in [1.807, 2.05) is 58.9 Å². The van der Waals surface area contributed by atoms with Crippen molar-refractivity contribution >= 4 is 24.4 Å². The van der Waals surface area contributed by atoms with Crippen LogP contribution in [0.25, 0.3) is 0 Å². The van der Waals surface area contributed by atoms with E-state index in [-0.39, 0.29) is 11.8 Å². The lowest BCUT2D eigenvalue weighted by Crippen LogP contribution is -2.41. The number of carbonyl (C=O) groups excluding carboxylic acids is 2. The van der Waals surface area contributed by atoms with Gasteiger partial charge in [0.1, 0.15) is 0 Å². The molecule has 0 aromatic heterocycles. The van der Waals surface area contributed by atoms with Crippen molar-refractivity contribution in [3.05, 3.63) is 53.1 Å². The molecule has 1 atom stereocenters. The highest BCUT2D eigenvalue weighted by atomic mass is 16.7. The summed E-state index contributed by atoms with van der Waals surface area (Å²) in [6.07, 6.45) is 8.17. The van der Waals surface area contributed by atoms with E-state index >= 15 is 0 Å². The highest BCUT2D eigenvalue weighted by molar-refractivity contribution is 6.62. The van der Waals surface area contributed by atoms with Crippen molar-refractivity contribution < 1.29 is 18.9 Å². The molecule has 29 heavy (non-hydrogen) atoms. The second-order valence-electron chi connectivity index (χ2n) is 8.45. The summed E-state index contributed by atoms with van der Waals surface area (Å²) in [6, 6.07) is 7.22. The van der Waals surface area contributed by atoms with Gasteiger partial charge in [-0.3, -0.25) is 14.5 Å². The van der Waals surface area contributed by atoms with Gasteiger partial charge in [0.15, 0.2) is 0 Å². The summed E-state index contributed by atoms with van der Waals surface area (Å²) in [5, 5.41) is 0. The number of rotatable bonds is 4. The smallest absolute Gasteiger partial charge is 0.399 e. The molecule has 1 unspecified atom stereocenters. The average Bonchev–Trinajstić information content (AvgIpc) is 3.01. The molecule has 0 radical (unpaired) electrons. The van der Waals surface area contributed by atoms with Crippen LogP contribution in [0, 0.1) is 12.3 Å². The van der Waals surface area contributed by atoms with Gasteiger partial charge in [0, 0.05) is 11.1 Å². The molecule has 1 saturated heterocycles. The quantitative estimate of drug-likeness (QED) is 0.450. The third-order valence-electron chi connectivity index (χ3n) is 6.07. The fourth-order valence-corrected chi connectivity index (χ4v) is 3.42. The number of nitrogens with zero attached hydrogens (tertiary/aromatic N) is 1. The Labute approximate surface area is 172 Å². The van der Waals surface area contributed by atoms with Crippen LogP contribution in [0.15, 0.2) is 47.6 Å². The van der Waals surface area contributed by atoms with Gasteiger partial charge in [-0.2, -0.15) is 0 Å². The van der Waals surface area contributed by atoms with Crippen molar-refractivity contribution in [1.29, 1.82) is 0 Å². The van der Waals surface area contributed by atoms with Gasteiger partial charge in [0.25, 0.3) is 11.8 Å². The first-order valence-corrected chi connectivity index (χ1v) is 9.67. The summed E-state index contributed by atoms with van der Waals surface area (Å²) in [5.41, 5.74) is 1.66. The summed E-state index contributed by atoms with van der Waals surface area (Å²) in [4.78, 5) is 26.7. The minimum atomic E-state index is -0.455. The van der Waals surface area contributed by atoms with Crippen molar-refractivity contribution in [2.24, 2.45) is 0 Å². The molecule has 5 nitrogen and oxygen atoms in total. The molecule has 6 heteroatoms. The van der Waals surface area contributed by atoms with Crippen LogP contribution in [-0.4, -0.2) is 35.0 Å². The van der Waals surface area contributed by atoms with Crippen LogP contribution in [0.5, 0.6) is 0 Å². The standard InChI is InChI=1S/C23H26BNO4/c1-8-9-10-19-15(2)20(26)25(21(19)27)16(3)17-11-13-18(14-12-17)24-28-22(4,5)23(6,7)29-24/h1,9-14,16H,2-7H3. The van der Waals surface area contributed by atoms with Crippen LogP contribution in [0.4, 0.5) is 0 Å². The minimum Gasteiger partial charge on any atom is -0.399 e. The Morgan fingerprint density at radius 1 is 1.07 bits per heavy atom. The van der Waals surface area contributed by atoms with Gasteiger partial charge >= 0.3 is 7.12 Å². The molecule has 0 bridgehead atoms. The lowest BCUT2D eigenvalue weighted by molar-refractivity contribution is -0.139. The van der Waals surface area contributed by atoms with Crippen molar-refractivity contribution in [1.82, 2.24) is 4.90 Å². The minimum absolute atomic E-state index is 0.297. The number of hydrogen-bond donors (Lipinski definition) is 0. The SMILES string of the molecule is C#CC=CC1=C(C)C(=O)N(C(C)c2ccc(B3OC(C)(C)C(C)(C)O3)cc2)C1=O. The second-order valence-corrected chi connectivity index (χ2v) is 8.45. The predicted octanol–water partition coefficient (Wildman–Crippen LogP) is 2.92. The first kappa shape index (κ1) is 21.1. The molecule has 0 aliphatic carbocycles. The van der Waals surface area contributed by atoms with Gasteiger partial charge in [0.05, 0.1) is 17.2 Å². The van der Waals surface area contributed by atoms with Gasteiger partial charge in [-0.05, 0) is 64.7 Å². The topological polar surface area (TPSA) is 55.8 Å². The third kappa shape index (κ3) is 3.57. The van der Waals surface area contributed by atoms with Gasteiger partial charge in [-0.1, -0.05) is 30.2 Å². The molecule has 3 rings (SSSR count). The second kappa shape index (κ2) is 7.33. The highest BCUT2D eigenvalue weighted by Gasteiger charge is 2.51. The Kier molecular flexibility index (Phi) is 5.33. The Morgan fingerprint density at radius 2 is 1.62 bits per heavy atom. The predicted molar refractivity (Wildman–Crippen MR) is 113 cm³/mol. The number of carbonyl (C=O) groups is 2. The molecule has 2 heterocycles. The maximum Gasteiger partial charge on any atom is 0.494 e. The van der Waals surface area contributed by atoms with Crippen LogP contribution in [0.1, 0.15) is 53.1 Å². The molecule has 1 aromatic rings. The average molecular weight is 391 g/mol. The van der Waals surface area contributed by atoms with Crippen molar-refractivity contribution in [3.63, 3.8) is 0 Å². The number of benzene rings is 1. The van der Waals surface area contributed by atoms with Gasteiger partial charge in [-0.15, -0.1) is 6.42 Å². The van der Waals surface area contributed by atoms with E-state index in [0.717, 1.165) is 11.0 Å². The Hall–Kier alpha value is -2.62. The molecule has 1 fully saturated rings. The van der Waals surface area contributed by atoms with Crippen LogP contribution in [-0.2, 0) is 18.9 Å². The molecular formula is C23H26BNO4. The van der Waals surface area contributed by atoms with E-state index in [1.165, 1.54) is 17.1 Å². The van der Waals surface area contributed by atoms with Crippen LogP contribution in [0.2, 0.25) is 0 Å². The maximum absolute atomic E-state index is 12.8. The van der Waals surface area contributed by atoms with Gasteiger partial charge in [-0.25, -0.2) is 0 Å². The molecule has 0 N–H and O–H groups in total.